The molecule has 0 aliphatic heterocycles. The van der Waals surface area contributed by atoms with E-state index < -0.39 is 0 Å². The molecule has 5 heteroatoms. The molecule has 0 aromatic carbocycles. The fourth-order valence-electron chi connectivity index (χ4n) is 0. The van der Waals surface area contributed by atoms with Gasteiger partial charge in [-0.15, -0.1) is 0 Å². The van der Waals surface area contributed by atoms with E-state index in [0.29, 0.717) is 0 Å². The van der Waals surface area contributed by atoms with Gasteiger partial charge in [0.25, 0.3) is 0 Å². The average molecular weight is 237 g/mol. The van der Waals surface area contributed by atoms with Crippen molar-refractivity contribution in [2.45, 2.75) is 0 Å². The summed E-state index contributed by atoms with van der Waals surface area (Å²) < 4.78 is 0. The Morgan fingerprint density at radius 2 is 0.600 bits per heavy atom. The molecule has 0 amide bonds. The maximum Gasteiger partial charge on any atom is 3.00 e. The summed E-state index contributed by atoms with van der Waals surface area (Å²) in [5, 5.41) is 0. The van der Waals surface area contributed by atoms with Crippen molar-refractivity contribution >= 4 is 17.4 Å². The average Bonchev–Trinajstić information content (AvgIpc) is 0. The van der Waals surface area contributed by atoms with Crippen molar-refractivity contribution in [2.24, 2.45) is 0 Å². The van der Waals surface area contributed by atoms with E-state index in [1.807, 2.05) is 0 Å². The van der Waals surface area contributed by atoms with Crippen LogP contribution in [0.25, 0.3) is 0 Å². The summed E-state index contributed by atoms with van der Waals surface area (Å²) in [6.45, 7) is 0. The molecule has 0 saturated carbocycles. The first kappa shape index (κ1) is 76.1. The summed E-state index contributed by atoms with van der Waals surface area (Å²) in [4.78, 5) is 0. The van der Waals surface area contributed by atoms with Gasteiger partial charge in [-0.25, -0.2) is 0 Å². The molecule has 0 spiro atoms. The van der Waals surface area contributed by atoms with Gasteiger partial charge in [0.1, 0.15) is 0 Å². The first-order valence-corrected chi connectivity index (χ1v) is 0. The maximum atomic E-state index is 0. The monoisotopic (exact) mass is 239 g/mol. The van der Waals surface area contributed by atoms with Crippen molar-refractivity contribution in [1.82, 2.24) is 0 Å². The van der Waals surface area contributed by atoms with Crippen LogP contribution in [0.1, 0.15) is 0 Å². The Morgan fingerprint density at radius 1 is 0.600 bits per heavy atom. The van der Waals surface area contributed by atoms with Crippen LogP contribution in [-0.4, -0.2) is 17.4 Å². The smallest absolute Gasteiger partial charge is 2.00 e. The van der Waals surface area contributed by atoms with Crippen LogP contribution in [0.5, 0.6) is 0 Å². The predicted molar refractivity (Wildman–Crippen MR) is 7.81 cm³/mol. The van der Waals surface area contributed by atoms with Crippen molar-refractivity contribution in [1.29, 1.82) is 0 Å². The van der Waals surface area contributed by atoms with E-state index in [9.17, 15) is 0 Å². The minimum absolute atomic E-state index is 0. The van der Waals surface area contributed by atoms with Crippen LogP contribution < -0.4 is 0 Å². The molecule has 31 valence electrons. The summed E-state index contributed by atoms with van der Waals surface area (Å²) in [5.41, 5.74) is 0. The summed E-state index contributed by atoms with van der Waals surface area (Å²) >= 11 is 0. The molecule has 0 saturated heterocycles. The molecular weight excluding hydrogens is 237 g/mol. The Kier molecular flexibility index (Phi) is 669. The predicted octanol–water partition coefficient (Wildman–Crippen LogP) is -0.737. The first-order chi connectivity index (χ1) is 0. The molecule has 5 heavy (non-hydrogen) atoms. The van der Waals surface area contributed by atoms with Crippen molar-refractivity contribution in [3.8, 4) is 0 Å². The Bertz CT molecular complexity index is 6.85. The van der Waals surface area contributed by atoms with E-state index in [1.54, 1.807) is 0 Å². The quantitative estimate of drug-likeness (QED) is 0.497. The molecule has 0 rings (SSSR count). The molecule has 0 fully saturated rings. The third-order valence-corrected chi connectivity index (χ3v) is 0. The fraction of sp³-hybridized carbons (Fsp3) is 0. The van der Waals surface area contributed by atoms with Gasteiger partial charge in [-0.2, -0.15) is 0 Å². The van der Waals surface area contributed by atoms with Crippen molar-refractivity contribution < 1.29 is 54.6 Å². The molecule has 0 aliphatic carbocycles. The minimum atomic E-state index is 0. The van der Waals surface area contributed by atoms with Gasteiger partial charge in [0, 0.05) is 0 Å². The molecule has 0 bridgehead atoms. The molecular formula is AlDyO3. The molecule has 0 aromatic heterocycles. The molecule has 0 heterocycles. The zero-order valence-electron chi connectivity index (χ0n) is 2.12. The van der Waals surface area contributed by atoms with Crippen LogP contribution in [0.2, 0.25) is 0 Å². The molecule has 0 atom stereocenters. The Balaban J connectivity index is 0. The van der Waals surface area contributed by atoms with E-state index in [4.69, 9.17) is 0 Å². The van der Waals surface area contributed by atoms with Gasteiger partial charge in [0.05, 0.1) is 0 Å². The number of hydrogen-bond donors (Lipinski definition) is 0. The summed E-state index contributed by atoms with van der Waals surface area (Å²) in [5.74, 6) is 0. The van der Waals surface area contributed by atoms with Crippen LogP contribution >= 0.6 is 0 Å². The number of rotatable bonds is 0. The van der Waals surface area contributed by atoms with E-state index in [2.05, 4.69) is 0 Å². The zero-order chi connectivity index (χ0) is 0. The van der Waals surface area contributed by atoms with Crippen LogP contribution in [0.15, 0.2) is 0 Å². The van der Waals surface area contributed by atoms with Crippen molar-refractivity contribution in [2.75, 3.05) is 0 Å². The second-order valence-corrected chi connectivity index (χ2v) is 0. The largest absolute Gasteiger partial charge is 3.00 e. The summed E-state index contributed by atoms with van der Waals surface area (Å²) in [6.07, 6.45) is 0. The van der Waals surface area contributed by atoms with E-state index in [1.165, 1.54) is 0 Å². The molecule has 0 unspecified atom stereocenters. The molecule has 0 N–H and O–H groups in total. The van der Waals surface area contributed by atoms with Gasteiger partial charge < -0.3 is 16.4 Å². The van der Waals surface area contributed by atoms with E-state index in [-0.39, 0.29) is 72.0 Å². The Hall–Kier alpha value is 1.69. The van der Waals surface area contributed by atoms with Gasteiger partial charge >= 0.3 is 55.5 Å². The molecule has 0 aliphatic rings. The second kappa shape index (κ2) is 43.9. The van der Waals surface area contributed by atoms with E-state index >= 15 is 0 Å². The fourth-order valence-corrected chi connectivity index (χ4v) is 0. The summed E-state index contributed by atoms with van der Waals surface area (Å²) in [6, 6.07) is 0. The standard InChI is InChI=1S/Al.Dy.3O/q2*+3;3*-2. The maximum absolute atomic E-state index is 0. The van der Waals surface area contributed by atoms with Gasteiger partial charge in [-0.3, -0.25) is 0 Å². The summed E-state index contributed by atoms with van der Waals surface area (Å²) in [7, 11) is 0. The van der Waals surface area contributed by atoms with Crippen molar-refractivity contribution in [3.05, 3.63) is 0 Å². The molecule has 3 nitrogen and oxygen atoms in total. The van der Waals surface area contributed by atoms with Gasteiger partial charge in [0.2, 0.25) is 0 Å². The third-order valence-electron chi connectivity index (χ3n) is 0. The van der Waals surface area contributed by atoms with Crippen LogP contribution in [0, 0.1) is 38.2 Å². The van der Waals surface area contributed by atoms with E-state index in [0.717, 1.165) is 0 Å². The van der Waals surface area contributed by atoms with Gasteiger partial charge in [-0.05, 0) is 0 Å². The number of hydrogen-bond acceptors (Lipinski definition) is 0. The van der Waals surface area contributed by atoms with Crippen LogP contribution in [0.3, 0.4) is 0 Å². The van der Waals surface area contributed by atoms with Crippen LogP contribution in [0.4, 0.5) is 0 Å². The normalized spacial score (nSPS) is 0. The topological polar surface area (TPSA) is 85.5 Å². The van der Waals surface area contributed by atoms with Gasteiger partial charge in [-0.1, -0.05) is 0 Å². The zero-order valence-corrected chi connectivity index (χ0v) is 5.30. The second-order valence-electron chi connectivity index (χ2n) is 0. The third kappa shape index (κ3) is 27.2. The van der Waals surface area contributed by atoms with Gasteiger partial charge in [0.15, 0.2) is 0 Å². The van der Waals surface area contributed by atoms with Crippen molar-refractivity contribution in [3.63, 3.8) is 0 Å². The Morgan fingerprint density at radius 3 is 0.600 bits per heavy atom. The first-order valence-electron chi connectivity index (χ1n) is 0. The molecule has 0 aromatic rings. The minimum Gasteiger partial charge on any atom is -2.00 e. The SMILES string of the molecule is [Al+3].[Dy+3].[O-2].[O-2].[O-2]. The van der Waals surface area contributed by atoms with Crippen LogP contribution in [-0.2, 0) is 16.4 Å². The molecule has 1 radical (unpaired) electrons. The Labute approximate surface area is 71.2 Å².